The summed E-state index contributed by atoms with van der Waals surface area (Å²) >= 11 is 0. The Bertz CT molecular complexity index is 717. The molecule has 1 aliphatic heterocycles. The standard InChI is InChI=1S/C24H35N3O2/c1-18-6-4-7-19(16-18)17-25-23(28)22(20-8-2-3-9-20)26-12-14-27(15-13-26)24(29)21-10-5-11-21/h4,6-7,16,20-22H,2-3,5,8-15,17H2,1H3,(H,25,28). The van der Waals surface area contributed by atoms with Gasteiger partial charge in [0.2, 0.25) is 11.8 Å². The van der Waals surface area contributed by atoms with E-state index in [0.29, 0.717) is 18.4 Å². The summed E-state index contributed by atoms with van der Waals surface area (Å²) in [5.74, 6) is 1.22. The van der Waals surface area contributed by atoms with Crippen molar-refractivity contribution < 1.29 is 9.59 Å². The summed E-state index contributed by atoms with van der Waals surface area (Å²) in [6.45, 7) is 5.84. The van der Waals surface area contributed by atoms with Crippen LogP contribution in [-0.4, -0.2) is 53.8 Å². The van der Waals surface area contributed by atoms with Crippen molar-refractivity contribution in [3.05, 3.63) is 35.4 Å². The normalized spacial score (nSPS) is 22.3. The van der Waals surface area contributed by atoms with E-state index in [2.05, 4.69) is 35.3 Å². The van der Waals surface area contributed by atoms with E-state index in [1.54, 1.807) is 0 Å². The number of nitrogens with one attached hydrogen (secondary N) is 1. The zero-order valence-corrected chi connectivity index (χ0v) is 17.7. The predicted molar refractivity (Wildman–Crippen MR) is 114 cm³/mol. The number of piperazine rings is 1. The first-order valence-corrected chi connectivity index (χ1v) is 11.5. The van der Waals surface area contributed by atoms with Gasteiger partial charge in [0.15, 0.2) is 0 Å². The van der Waals surface area contributed by atoms with E-state index < -0.39 is 0 Å². The average molecular weight is 398 g/mol. The van der Waals surface area contributed by atoms with Crippen molar-refractivity contribution in [3.8, 4) is 0 Å². The van der Waals surface area contributed by atoms with E-state index in [1.165, 1.54) is 24.8 Å². The van der Waals surface area contributed by atoms with Crippen LogP contribution < -0.4 is 5.32 Å². The van der Waals surface area contributed by atoms with Crippen LogP contribution in [0.2, 0.25) is 0 Å². The van der Waals surface area contributed by atoms with Crippen molar-refractivity contribution in [3.63, 3.8) is 0 Å². The van der Waals surface area contributed by atoms with Gasteiger partial charge in [-0.25, -0.2) is 0 Å². The van der Waals surface area contributed by atoms with Gasteiger partial charge in [0, 0.05) is 38.6 Å². The van der Waals surface area contributed by atoms with Crippen LogP contribution in [0.5, 0.6) is 0 Å². The third kappa shape index (κ3) is 4.82. The van der Waals surface area contributed by atoms with Crippen LogP contribution in [-0.2, 0) is 16.1 Å². The molecule has 5 heteroatoms. The summed E-state index contributed by atoms with van der Waals surface area (Å²) in [5.41, 5.74) is 2.37. The van der Waals surface area contributed by atoms with Gasteiger partial charge >= 0.3 is 0 Å². The first-order chi connectivity index (χ1) is 14.1. The molecule has 3 fully saturated rings. The lowest BCUT2D eigenvalue weighted by molar-refractivity contribution is -0.141. The molecule has 1 N–H and O–H groups in total. The van der Waals surface area contributed by atoms with Crippen molar-refractivity contribution >= 4 is 11.8 Å². The highest BCUT2D eigenvalue weighted by Crippen LogP contribution is 2.32. The van der Waals surface area contributed by atoms with Crippen LogP contribution >= 0.6 is 0 Å². The number of carbonyl (C=O) groups is 2. The molecular formula is C24H35N3O2. The Morgan fingerprint density at radius 1 is 1.03 bits per heavy atom. The van der Waals surface area contributed by atoms with E-state index in [4.69, 9.17) is 0 Å². The molecule has 4 rings (SSSR count). The minimum Gasteiger partial charge on any atom is -0.351 e. The van der Waals surface area contributed by atoms with Gasteiger partial charge in [-0.15, -0.1) is 0 Å². The lowest BCUT2D eigenvalue weighted by Crippen LogP contribution is -2.58. The van der Waals surface area contributed by atoms with Crippen LogP contribution in [0.4, 0.5) is 0 Å². The Hall–Kier alpha value is -1.88. The van der Waals surface area contributed by atoms with E-state index in [0.717, 1.165) is 57.4 Å². The smallest absolute Gasteiger partial charge is 0.237 e. The number of rotatable bonds is 6. The lowest BCUT2D eigenvalue weighted by Gasteiger charge is -2.42. The molecule has 1 heterocycles. The largest absolute Gasteiger partial charge is 0.351 e. The average Bonchev–Trinajstić information content (AvgIpc) is 3.20. The SMILES string of the molecule is Cc1cccc(CNC(=O)C(C2CCCC2)N2CCN(C(=O)C3CCC3)CC2)c1. The fourth-order valence-corrected chi connectivity index (χ4v) is 5.20. The third-order valence-corrected chi connectivity index (χ3v) is 7.14. The maximum Gasteiger partial charge on any atom is 0.237 e. The summed E-state index contributed by atoms with van der Waals surface area (Å²) in [6.07, 6.45) is 8.06. The number of hydrogen-bond acceptors (Lipinski definition) is 3. The molecule has 1 saturated heterocycles. The molecule has 29 heavy (non-hydrogen) atoms. The molecule has 0 radical (unpaired) electrons. The molecule has 0 spiro atoms. The number of hydrogen-bond donors (Lipinski definition) is 1. The second-order valence-electron chi connectivity index (χ2n) is 9.19. The second-order valence-corrected chi connectivity index (χ2v) is 9.19. The summed E-state index contributed by atoms with van der Waals surface area (Å²) in [6, 6.07) is 8.28. The molecule has 5 nitrogen and oxygen atoms in total. The second kappa shape index (κ2) is 9.29. The number of aryl methyl sites for hydroxylation is 1. The Morgan fingerprint density at radius 3 is 2.38 bits per heavy atom. The molecule has 3 aliphatic rings. The summed E-state index contributed by atoms with van der Waals surface area (Å²) in [5, 5.41) is 3.21. The van der Waals surface area contributed by atoms with Gasteiger partial charge in [-0.05, 0) is 44.1 Å². The summed E-state index contributed by atoms with van der Waals surface area (Å²) < 4.78 is 0. The van der Waals surface area contributed by atoms with Crippen molar-refractivity contribution in [2.75, 3.05) is 26.2 Å². The quantitative estimate of drug-likeness (QED) is 0.802. The zero-order chi connectivity index (χ0) is 20.2. The minimum absolute atomic E-state index is 0.0525. The summed E-state index contributed by atoms with van der Waals surface area (Å²) in [4.78, 5) is 30.2. The molecule has 2 saturated carbocycles. The van der Waals surface area contributed by atoms with Gasteiger partial charge in [0.05, 0.1) is 6.04 Å². The summed E-state index contributed by atoms with van der Waals surface area (Å²) in [7, 11) is 0. The lowest BCUT2D eigenvalue weighted by atomic mass is 9.84. The Balaban J connectivity index is 1.36. The van der Waals surface area contributed by atoms with Gasteiger partial charge in [-0.3, -0.25) is 14.5 Å². The van der Waals surface area contributed by atoms with Crippen LogP contribution in [0, 0.1) is 18.8 Å². The van der Waals surface area contributed by atoms with Gasteiger partial charge in [0.1, 0.15) is 0 Å². The highest BCUT2D eigenvalue weighted by atomic mass is 16.2. The van der Waals surface area contributed by atoms with E-state index in [-0.39, 0.29) is 17.9 Å². The first-order valence-electron chi connectivity index (χ1n) is 11.5. The molecular weight excluding hydrogens is 362 g/mol. The van der Waals surface area contributed by atoms with Crippen LogP contribution in [0.15, 0.2) is 24.3 Å². The van der Waals surface area contributed by atoms with Crippen molar-refractivity contribution in [1.29, 1.82) is 0 Å². The molecule has 2 amide bonds. The highest BCUT2D eigenvalue weighted by Gasteiger charge is 2.38. The Kier molecular flexibility index (Phi) is 6.53. The maximum atomic E-state index is 13.2. The van der Waals surface area contributed by atoms with Crippen LogP contribution in [0.1, 0.15) is 56.1 Å². The maximum absolute atomic E-state index is 13.2. The molecule has 1 unspecified atom stereocenters. The van der Waals surface area contributed by atoms with Crippen molar-refractivity contribution in [2.24, 2.45) is 11.8 Å². The van der Waals surface area contributed by atoms with Crippen molar-refractivity contribution in [1.82, 2.24) is 15.1 Å². The molecule has 0 bridgehead atoms. The molecule has 1 atom stereocenters. The number of benzene rings is 1. The zero-order valence-electron chi connectivity index (χ0n) is 17.7. The van der Waals surface area contributed by atoms with E-state index in [1.807, 2.05) is 11.0 Å². The molecule has 1 aromatic rings. The minimum atomic E-state index is -0.0525. The fraction of sp³-hybridized carbons (Fsp3) is 0.667. The van der Waals surface area contributed by atoms with E-state index in [9.17, 15) is 9.59 Å². The highest BCUT2D eigenvalue weighted by molar-refractivity contribution is 5.82. The Morgan fingerprint density at radius 2 is 1.76 bits per heavy atom. The molecule has 0 aromatic heterocycles. The number of amides is 2. The number of carbonyl (C=O) groups excluding carboxylic acids is 2. The molecule has 1 aromatic carbocycles. The van der Waals surface area contributed by atoms with Gasteiger partial charge in [-0.2, -0.15) is 0 Å². The van der Waals surface area contributed by atoms with Crippen LogP contribution in [0.25, 0.3) is 0 Å². The number of nitrogens with zero attached hydrogens (tertiary/aromatic N) is 2. The van der Waals surface area contributed by atoms with Gasteiger partial charge in [-0.1, -0.05) is 49.1 Å². The molecule has 158 valence electrons. The third-order valence-electron chi connectivity index (χ3n) is 7.14. The van der Waals surface area contributed by atoms with Crippen molar-refractivity contribution in [2.45, 2.75) is 64.5 Å². The predicted octanol–water partition coefficient (Wildman–Crippen LogP) is 3.11. The van der Waals surface area contributed by atoms with Gasteiger partial charge < -0.3 is 10.2 Å². The fourth-order valence-electron chi connectivity index (χ4n) is 5.20. The van der Waals surface area contributed by atoms with Crippen LogP contribution in [0.3, 0.4) is 0 Å². The molecule has 2 aliphatic carbocycles. The topological polar surface area (TPSA) is 52.7 Å². The van der Waals surface area contributed by atoms with Gasteiger partial charge in [0.25, 0.3) is 0 Å². The first kappa shape index (κ1) is 20.4. The Labute approximate surface area is 174 Å². The van der Waals surface area contributed by atoms with E-state index >= 15 is 0 Å². The monoisotopic (exact) mass is 397 g/mol.